The smallest absolute Gasteiger partial charge is 0.136 e. The van der Waals surface area contributed by atoms with Crippen molar-refractivity contribution in [3.63, 3.8) is 0 Å². The van der Waals surface area contributed by atoms with Crippen molar-refractivity contribution in [3.05, 3.63) is 41.9 Å². The van der Waals surface area contributed by atoms with E-state index in [1.807, 2.05) is 12.3 Å². The summed E-state index contributed by atoms with van der Waals surface area (Å²) in [6.07, 6.45) is 10.3. The van der Waals surface area contributed by atoms with Crippen LogP contribution in [0.2, 0.25) is 0 Å². The molecule has 0 bridgehead atoms. The average Bonchev–Trinajstić information content (AvgIpc) is 2.57. The lowest BCUT2D eigenvalue weighted by Gasteiger charge is -2.36. The van der Waals surface area contributed by atoms with E-state index in [0.717, 1.165) is 48.7 Å². The highest BCUT2D eigenvalue weighted by Crippen LogP contribution is 2.30. The number of benzene rings is 1. The Hall–Kier alpha value is -1.09. The monoisotopic (exact) mass is 391 g/mol. The number of hydrogen-bond donors (Lipinski definition) is 0. The van der Waals surface area contributed by atoms with E-state index in [2.05, 4.69) is 44.2 Å². The fourth-order valence-electron chi connectivity index (χ4n) is 4.01. The van der Waals surface area contributed by atoms with Gasteiger partial charge in [-0.1, -0.05) is 52.1 Å². The van der Waals surface area contributed by atoms with Crippen LogP contribution in [0.4, 0.5) is 4.39 Å². The second-order valence-electron chi connectivity index (χ2n) is 9.38. The van der Waals surface area contributed by atoms with E-state index in [9.17, 15) is 4.39 Å². The zero-order chi connectivity index (χ0) is 20.0. The Kier molecular flexibility index (Phi) is 8.15. The van der Waals surface area contributed by atoms with Gasteiger partial charge in [0.25, 0.3) is 0 Å². The van der Waals surface area contributed by atoms with Crippen molar-refractivity contribution in [1.82, 2.24) is 4.90 Å². The van der Waals surface area contributed by atoms with E-state index in [4.69, 9.17) is 0 Å². The number of aryl methyl sites for hydroxylation is 1. The van der Waals surface area contributed by atoms with E-state index in [0.29, 0.717) is 5.41 Å². The molecule has 0 aromatic heterocycles. The minimum atomic E-state index is -0.257. The first-order valence-corrected chi connectivity index (χ1v) is 12.1. The molecule has 1 aliphatic heterocycles. The number of hydrogen-bond acceptors (Lipinski definition) is 1. The first-order valence-electron chi connectivity index (χ1n) is 10.3. The van der Waals surface area contributed by atoms with Gasteiger partial charge >= 0.3 is 0 Å². The van der Waals surface area contributed by atoms with E-state index in [1.54, 1.807) is 6.07 Å². The SMILES string of the molecule is C=C(CC(C)(C)C)N1CCC(CCCCc2ccc(S(=C)C)c(F)c2)CC1. The summed E-state index contributed by atoms with van der Waals surface area (Å²) in [5.41, 5.74) is 2.75. The molecule has 0 saturated carbocycles. The molecule has 1 nitrogen and oxygen atoms in total. The molecule has 0 spiro atoms. The average molecular weight is 392 g/mol. The molecule has 0 aliphatic carbocycles. The van der Waals surface area contributed by atoms with Crippen LogP contribution in [-0.2, 0) is 6.42 Å². The lowest BCUT2D eigenvalue weighted by atomic mass is 9.88. The standard InChI is InChI=1S/C24H38FNS/c1-19(18-24(2,3)4)26-15-13-20(14-16-26)9-7-8-10-21-11-12-23(27(5)6)22(25)17-21/h11-12,17,20H,1,5,7-10,13-16,18H2,2-4,6H3. The Balaban J connectivity index is 1.67. The summed E-state index contributed by atoms with van der Waals surface area (Å²) < 4.78 is 14.1. The Labute approximate surface area is 169 Å². The van der Waals surface area contributed by atoms with Gasteiger partial charge in [-0.05, 0) is 67.4 Å². The quantitative estimate of drug-likeness (QED) is 0.344. The van der Waals surface area contributed by atoms with Crippen LogP contribution >= 0.6 is 10.5 Å². The molecular weight excluding hydrogens is 353 g/mol. The number of rotatable bonds is 8. The van der Waals surface area contributed by atoms with Gasteiger partial charge in [-0.2, -0.15) is 10.5 Å². The van der Waals surface area contributed by atoms with E-state index >= 15 is 0 Å². The summed E-state index contributed by atoms with van der Waals surface area (Å²) in [6, 6.07) is 5.71. The number of allylic oxidation sites excluding steroid dienone is 1. The Morgan fingerprint density at radius 1 is 1.22 bits per heavy atom. The molecular formula is C24H38FNS. The summed E-state index contributed by atoms with van der Waals surface area (Å²) >= 11 is 0. The number of likely N-dealkylation sites (tertiary alicyclic amines) is 1. The van der Waals surface area contributed by atoms with Crippen LogP contribution in [0.5, 0.6) is 0 Å². The first kappa shape index (κ1) is 22.2. The molecule has 3 heteroatoms. The summed E-state index contributed by atoms with van der Waals surface area (Å²) in [7, 11) is -0.257. The highest BCUT2D eigenvalue weighted by molar-refractivity contribution is 8.13. The molecule has 0 amide bonds. The van der Waals surface area contributed by atoms with Crippen molar-refractivity contribution in [2.24, 2.45) is 11.3 Å². The van der Waals surface area contributed by atoms with E-state index in [-0.39, 0.29) is 16.3 Å². The number of piperidine rings is 1. The summed E-state index contributed by atoms with van der Waals surface area (Å²) in [4.78, 5) is 3.25. The van der Waals surface area contributed by atoms with Crippen LogP contribution in [0.3, 0.4) is 0 Å². The molecule has 1 heterocycles. The predicted octanol–water partition coefficient (Wildman–Crippen LogP) is 6.89. The van der Waals surface area contributed by atoms with Crippen LogP contribution < -0.4 is 0 Å². The van der Waals surface area contributed by atoms with Crippen molar-refractivity contribution in [3.8, 4) is 0 Å². The molecule has 1 aromatic rings. The Morgan fingerprint density at radius 2 is 1.89 bits per heavy atom. The Morgan fingerprint density at radius 3 is 2.44 bits per heavy atom. The zero-order valence-corrected chi connectivity index (χ0v) is 18.6. The minimum Gasteiger partial charge on any atom is -0.375 e. The van der Waals surface area contributed by atoms with Gasteiger partial charge in [0.05, 0.1) is 0 Å². The van der Waals surface area contributed by atoms with Crippen molar-refractivity contribution in [2.75, 3.05) is 19.3 Å². The fraction of sp³-hybridized carbons (Fsp3) is 0.625. The first-order chi connectivity index (χ1) is 12.7. The van der Waals surface area contributed by atoms with Gasteiger partial charge in [0.15, 0.2) is 0 Å². The third-order valence-electron chi connectivity index (χ3n) is 5.50. The topological polar surface area (TPSA) is 3.24 Å². The molecule has 1 unspecified atom stereocenters. The van der Waals surface area contributed by atoms with Gasteiger partial charge in [-0.15, -0.1) is 0 Å². The van der Waals surface area contributed by atoms with Crippen LogP contribution in [0.1, 0.15) is 64.9 Å². The number of unbranched alkanes of at least 4 members (excludes halogenated alkanes) is 1. The second-order valence-corrected chi connectivity index (χ2v) is 11.1. The van der Waals surface area contributed by atoms with Gasteiger partial charge < -0.3 is 4.90 Å². The zero-order valence-electron chi connectivity index (χ0n) is 17.8. The summed E-state index contributed by atoms with van der Waals surface area (Å²) in [6.45, 7) is 13.5. The van der Waals surface area contributed by atoms with Gasteiger partial charge in [0.2, 0.25) is 0 Å². The van der Waals surface area contributed by atoms with Crippen molar-refractivity contribution < 1.29 is 4.39 Å². The summed E-state index contributed by atoms with van der Waals surface area (Å²) in [5, 5.41) is 0. The van der Waals surface area contributed by atoms with Crippen molar-refractivity contribution in [1.29, 1.82) is 0 Å². The molecule has 2 rings (SSSR count). The summed E-state index contributed by atoms with van der Waals surface area (Å²) in [5.74, 6) is 4.70. The largest absolute Gasteiger partial charge is 0.375 e. The molecule has 1 aliphatic rings. The molecule has 1 atom stereocenters. The third kappa shape index (κ3) is 7.44. The van der Waals surface area contributed by atoms with Gasteiger partial charge in [-0.3, -0.25) is 0 Å². The molecule has 1 fully saturated rings. The molecule has 1 aromatic carbocycles. The molecule has 152 valence electrons. The van der Waals surface area contributed by atoms with Gasteiger partial charge in [0, 0.05) is 23.7 Å². The number of nitrogens with zero attached hydrogens (tertiary/aromatic N) is 1. The van der Waals surface area contributed by atoms with Crippen molar-refractivity contribution >= 4 is 16.4 Å². The molecule has 0 N–H and O–H groups in total. The predicted molar refractivity (Wildman–Crippen MR) is 120 cm³/mol. The van der Waals surface area contributed by atoms with E-state index < -0.39 is 0 Å². The van der Waals surface area contributed by atoms with Crippen LogP contribution in [0.25, 0.3) is 0 Å². The maximum atomic E-state index is 14.1. The highest BCUT2D eigenvalue weighted by Gasteiger charge is 2.22. The maximum absolute atomic E-state index is 14.1. The molecule has 27 heavy (non-hydrogen) atoms. The normalized spacial score (nSPS) is 17.1. The number of halogens is 1. The second kappa shape index (κ2) is 9.91. The lowest BCUT2D eigenvalue weighted by Crippen LogP contribution is -2.34. The maximum Gasteiger partial charge on any atom is 0.136 e. The van der Waals surface area contributed by atoms with Crippen LogP contribution in [0, 0.1) is 17.2 Å². The molecule has 1 saturated heterocycles. The fourth-order valence-corrected chi connectivity index (χ4v) is 4.70. The van der Waals surface area contributed by atoms with Crippen molar-refractivity contribution in [2.45, 2.75) is 70.6 Å². The van der Waals surface area contributed by atoms with Gasteiger partial charge in [0.1, 0.15) is 5.82 Å². The van der Waals surface area contributed by atoms with Crippen LogP contribution in [-0.4, -0.2) is 30.1 Å². The van der Waals surface area contributed by atoms with E-state index in [1.165, 1.54) is 31.4 Å². The minimum absolute atomic E-state index is 0.0869. The highest BCUT2D eigenvalue weighted by atomic mass is 32.2. The third-order valence-corrected chi connectivity index (χ3v) is 6.58. The Bertz CT molecular complexity index is 651. The van der Waals surface area contributed by atoms with Gasteiger partial charge in [-0.25, -0.2) is 4.39 Å². The lowest BCUT2D eigenvalue weighted by molar-refractivity contribution is 0.199. The molecule has 0 radical (unpaired) electrons. The van der Waals surface area contributed by atoms with Crippen LogP contribution in [0.15, 0.2) is 35.4 Å².